The Hall–Kier alpha value is -1.88. The normalized spacial score (nSPS) is 18.1. The average molecular weight is 387 g/mol. The SMILES string of the molecule is Cc1cc(C(C)N[S@+]([O-])C(C)(C)C)c2nc(C3(C#N)CC3)n(C)c(=O)c2c1. The smallest absolute Gasteiger partial charge is 0.261 e. The quantitative estimate of drug-likeness (QED) is 0.816. The third-order valence-corrected chi connectivity index (χ3v) is 6.73. The molecule has 1 aromatic heterocycles. The molecule has 7 heteroatoms. The Bertz CT molecular complexity index is 996. The van der Waals surface area contributed by atoms with Crippen LogP contribution in [0.2, 0.25) is 0 Å². The standard InChI is InChI=1S/C20H26N4O2S/c1-12-9-14(13(2)23-27(26)19(3,4)5)16-15(10-12)17(25)24(6)18(22-16)20(11-21)7-8-20/h9-10,13,23H,7-8H2,1-6H3/t13?,27-/m1/s1. The summed E-state index contributed by atoms with van der Waals surface area (Å²) in [6.07, 6.45) is 1.44. The van der Waals surface area contributed by atoms with Gasteiger partial charge in [-0.15, -0.1) is 4.72 Å². The van der Waals surface area contributed by atoms with Crippen LogP contribution in [0.4, 0.5) is 0 Å². The molecule has 2 aromatic rings. The summed E-state index contributed by atoms with van der Waals surface area (Å²) < 4.78 is 16.8. The third kappa shape index (κ3) is 3.49. The van der Waals surface area contributed by atoms with E-state index < -0.39 is 21.5 Å². The maximum absolute atomic E-state index is 13.0. The number of nitrogens with one attached hydrogen (secondary N) is 1. The molecule has 1 aromatic carbocycles. The first-order chi connectivity index (χ1) is 12.5. The van der Waals surface area contributed by atoms with Crippen LogP contribution in [-0.2, 0) is 23.8 Å². The van der Waals surface area contributed by atoms with Gasteiger partial charge in [-0.1, -0.05) is 6.07 Å². The van der Waals surface area contributed by atoms with Crippen molar-refractivity contribution in [3.63, 3.8) is 0 Å². The summed E-state index contributed by atoms with van der Waals surface area (Å²) >= 11 is -1.25. The van der Waals surface area contributed by atoms with Gasteiger partial charge in [0.15, 0.2) is 0 Å². The van der Waals surface area contributed by atoms with Crippen molar-refractivity contribution in [3.05, 3.63) is 39.4 Å². The highest BCUT2D eigenvalue weighted by Gasteiger charge is 2.48. The van der Waals surface area contributed by atoms with Crippen LogP contribution in [0.3, 0.4) is 0 Å². The Morgan fingerprint density at radius 1 is 1.41 bits per heavy atom. The molecule has 27 heavy (non-hydrogen) atoms. The number of nitrogens with zero attached hydrogens (tertiary/aromatic N) is 3. The summed E-state index contributed by atoms with van der Waals surface area (Å²) in [7, 11) is 1.68. The van der Waals surface area contributed by atoms with E-state index >= 15 is 0 Å². The van der Waals surface area contributed by atoms with Crippen LogP contribution < -0.4 is 10.3 Å². The van der Waals surface area contributed by atoms with Crippen molar-refractivity contribution in [2.75, 3.05) is 0 Å². The molecule has 1 heterocycles. The Morgan fingerprint density at radius 3 is 2.56 bits per heavy atom. The van der Waals surface area contributed by atoms with Gasteiger partial charge < -0.3 is 4.55 Å². The van der Waals surface area contributed by atoms with Crippen molar-refractivity contribution in [1.82, 2.24) is 14.3 Å². The van der Waals surface area contributed by atoms with Crippen molar-refractivity contribution >= 4 is 22.3 Å². The van der Waals surface area contributed by atoms with Gasteiger partial charge in [-0.2, -0.15) is 5.26 Å². The van der Waals surface area contributed by atoms with Gasteiger partial charge in [0, 0.05) is 24.0 Å². The molecule has 0 spiro atoms. The number of aromatic nitrogens is 2. The number of hydrogen-bond acceptors (Lipinski definition) is 5. The lowest BCUT2D eigenvalue weighted by Crippen LogP contribution is -2.40. The van der Waals surface area contributed by atoms with Crippen LogP contribution >= 0.6 is 0 Å². The molecule has 3 rings (SSSR count). The first kappa shape index (κ1) is 19.9. The number of rotatable bonds is 4. The molecule has 1 fully saturated rings. The summed E-state index contributed by atoms with van der Waals surface area (Å²) in [6.45, 7) is 9.59. The minimum absolute atomic E-state index is 0.148. The highest BCUT2D eigenvalue weighted by Crippen LogP contribution is 2.46. The molecule has 0 amide bonds. The first-order valence-corrected chi connectivity index (χ1v) is 10.3. The van der Waals surface area contributed by atoms with E-state index in [2.05, 4.69) is 10.8 Å². The van der Waals surface area contributed by atoms with E-state index in [0.717, 1.165) is 24.0 Å². The predicted molar refractivity (Wildman–Crippen MR) is 108 cm³/mol. The van der Waals surface area contributed by atoms with E-state index in [-0.39, 0.29) is 11.6 Å². The van der Waals surface area contributed by atoms with Crippen LogP contribution in [0.25, 0.3) is 10.9 Å². The van der Waals surface area contributed by atoms with E-state index in [0.29, 0.717) is 16.7 Å². The Balaban J connectivity index is 2.19. The zero-order valence-electron chi connectivity index (χ0n) is 16.7. The summed E-state index contributed by atoms with van der Waals surface area (Å²) in [5.74, 6) is 0.525. The largest absolute Gasteiger partial charge is 0.598 e. The minimum atomic E-state index is -1.25. The maximum Gasteiger partial charge on any atom is 0.261 e. The summed E-state index contributed by atoms with van der Waals surface area (Å²) in [6, 6.07) is 5.88. The average Bonchev–Trinajstić information content (AvgIpc) is 3.38. The predicted octanol–water partition coefficient (Wildman–Crippen LogP) is 2.91. The zero-order valence-corrected chi connectivity index (χ0v) is 17.5. The highest BCUT2D eigenvalue weighted by molar-refractivity contribution is 7.90. The molecule has 1 unspecified atom stereocenters. The van der Waals surface area contributed by atoms with Gasteiger partial charge in [0.05, 0.1) is 23.0 Å². The zero-order chi connectivity index (χ0) is 20.1. The molecule has 2 atom stereocenters. The van der Waals surface area contributed by atoms with Gasteiger partial charge in [0.1, 0.15) is 16.0 Å². The molecule has 6 nitrogen and oxygen atoms in total. The molecule has 1 aliphatic carbocycles. The number of benzene rings is 1. The fraction of sp³-hybridized carbons (Fsp3) is 0.550. The Morgan fingerprint density at radius 2 is 2.04 bits per heavy atom. The van der Waals surface area contributed by atoms with Gasteiger partial charge in [-0.25, -0.2) is 4.98 Å². The number of aryl methyl sites for hydroxylation is 1. The summed E-state index contributed by atoms with van der Waals surface area (Å²) in [5, 5.41) is 10.1. The van der Waals surface area contributed by atoms with Gasteiger partial charge >= 0.3 is 0 Å². The molecule has 1 saturated carbocycles. The lowest BCUT2D eigenvalue weighted by molar-refractivity contribution is 0.531. The molecule has 0 aliphatic heterocycles. The van der Waals surface area contributed by atoms with Gasteiger partial charge in [0.2, 0.25) is 0 Å². The highest BCUT2D eigenvalue weighted by atomic mass is 32.2. The Kier molecular flexibility index (Phi) is 4.87. The van der Waals surface area contributed by atoms with Crippen molar-refractivity contribution in [1.29, 1.82) is 5.26 Å². The molecule has 1 N–H and O–H groups in total. The van der Waals surface area contributed by atoms with Crippen LogP contribution in [0, 0.1) is 18.3 Å². The van der Waals surface area contributed by atoms with Crippen molar-refractivity contribution in [2.24, 2.45) is 7.05 Å². The fourth-order valence-electron chi connectivity index (χ4n) is 3.22. The van der Waals surface area contributed by atoms with Crippen LogP contribution in [-0.4, -0.2) is 18.9 Å². The molecular formula is C20H26N4O2S. The number of nitriles is 1. The van der Waals surface area contributed by atoms with E-state index in [1.54, 1.807) is 7.05 Å². The lowest BCUT2D eigenvalue weighted by atomic mass is 10.0. The van der Waals surface area contributed by atoms with Crippen molar-refractivity contribution < 1.29 is 4.55 Å². The van der Waals surface area contributed by atoms with Crippen LogP contribution in [0.1, 0.15) is 63.5 Å². The van der Waals surface area contributed by atoms with Gasteiger partial charge in [0.25, 0.3) is 5.56 Å². The number of hydrogen-bond donors (Lipinski definition) is 1. The lowest BCUT2D eigenvalue weighted by Gasteiger charge is -2.27. The molecule has 0 saturated heterocycles. The second kappa shape index (κ2) is 6.62. The monoisotopic (exact) mass is 386 g/mol. The summed E-state index contributed by atoms with van der Waals surface area (Å²) in [4.78, 5) is 17.8. The second-order valence-corrected chi connectivity index (χ2v) is 10.5. The molecular weight excluding hydrogens is 360 g/mol. The Labute approximate surface area is 162 Å². The van der Waals surface area contributed by atoms with Gasteiger partial charge in [-0.05, 0) is 59.1 Å². The summed E-state index contributed by atoms with van der Waals surface area (Å²) in [5.41, 5.74) is 1.56. The van der Waals surface area contributed by atoms with E-state index in [1.807, 2.05) is 46.8 Å². The van der Waals surface area contributed by atoms with E-state index in [4.69, 9.17) is 4.98 Å². The topological polar surface area (TPSA) is 93.8 Å². The molecule has 144 valence electrons. The molecule has 1 aliphatic rings. The van der Waals surface area contributed by atoms with Crippen LogP contribution in [0.15, 0.2) is 16.9 Å². The maximum atomic E-state index is 13.0. The third-order valence-electron chi connectivity index (χ3n) is 5.05. The number of fused-ring (bicyclic) bond motifs is 1. The second-order valence-electron chi connectivity index (χ2n) is 8.46. The van der Waals surface area contributed by atoms with Gasteiger partial charge in [-0.3, -0.25) is 9.36 Å². The van der Waals surface area contributed by atoms with E-state index in [1.165, 1.54) is 4.57 Å². The minimum Gasteiger partial charge on any atom is -0.598 e. The van der Waals surface area contributed by atoms with Crippen molar-refractivity contribution in [3.8, 4) is 6.07 Å². The van der Waals surface area contributed by atoms with Crippen molar-refractivity contribution in [2.45, 2.75) is 63.7 Å². The molecule has 0 bridgehead atoms. The van der Waals surface area contributed by atoms with E-state index in [9.17, 15) is 14.6 Å². The fourth-order valence-corrected chi connectivity index (χ4v) is 4.02. The molecule has 0 radical (unpaired) electrons. The van der Waals surface area contributed by atoms with Crippen LogP contribution in [0.5, 0.6) is 0 Å². The first-order valence-electron chi connectivity index (χ1n) is 9.11.